The molecule has 0 fully saturated rings. The second-order valence-electron chi connectivity index (χ2n) is 15.6. The quantitative estimate of drug-likeness (QED) is 0.141. The number of para-hydroxylation sites is 2. The molecule has 324 valence electrons. The molecule has 0 saturated heterocycles. The first-order valence-electron chi connectivity index (χ1n) is 20.7. The van der Waals surface area contributed by atoms with Gasteiger partial charge >= 0.3 is 0 Å². The molecule has 0 aliphatic rings. The van der Waals surface area contributed by atoms with Gasteiger partial charge in [-0.15, -0.1) is 0 Å². The molecular formula is C51H39Cl4N7O3. The zero-order valence-electron chi connectivity index (χ0n) is 35.1. The highest BCUT2D eigenvalue weighted by molar-refractivity contribution is 6.34. The second-order valence-corrected chi connectivity index (χ2v) is 17.3. The van der Waals surface area contributed by atoms with Crippen molar-refractivity contribution in [2.75, 3.05) is 0 Å². The molecule has 0 bridgehead atoms. The van der Waals surface area contributed by atoms with Crippen LogP contribution in [0.15, 0.2) is 144 Å². The summed E-state index contributed by atoms with van der Waals surface area (Å²) in [5.74, 6) is 0.178. The topological polar surface area (TPSA) is 120 Å². The fraction of sp³-hybridized carbons (Fsp3) is 0.118. The number of amides is 2. The van der Waals surface area contributed by atoms with E-state index in [1.165, 1.54) is 0 Å². The van der Waals surface area contributed by atoms with E-state index in [1.54, 1.807) is 25.1 Å². The van der Waals surface area contributed by atoms with Crippen LogP contribution in [0.1, 0.15) is 54.7 Å². The molecule has 5 heterocycles. The summed E-state index contributed by atoms with van der Waals surface area (Å²) in [5, 5.41) is 16.6. The van der Waals surface area contributed by atoms with Gasteiger partial charge in [0, 0.05) is 77.4 Å². The van der Waals surface area contributed by atoms with Crippen molar-refractivity contribution >= 4 is 102 Å². The largest absolute Gasteiger partial charge is 0.361 e. The van der Waals surface area contributed by atoms with E-state index < -0.39 is 0 Å². The lowest BCUT2D eigenvalue weighted by molar-refractivity contribution is 0.0936. The van der Waals surface area contributed by atoms with Gasteiger partial charge in [0.25, 0.3) is 11.8 Å². The monoisotopic (exact) mass is 937 g/mol. The smallest absolute Gasteiger partial charge is 0.273 e. The van der Waals surface area contributed by atoms with Crippen molar-refractivity contribution in [3.63, 3.8) is 0 Å². The Morgan fingerprint density at radius 3 is 1.55 bits per heavy atom. The number of aromatic nitrogens is 5. The van der Waals surface area contributed by atoms with Crippen molar-refractivity contribution in [2.45, 2.75) is 40.0 Å². The Balaban J connectivity index is 0.000000164. The zero-order chi connectivity index (χ0) is 45.2. The number of rotatable bonds is 10. The summed E-state index contributed by atoms with van der Waals surface area (Å²) in [6.45, 7) is 5.44. The molecule has 65 heavy (non-hydrogen) atoms. The Morgan fingerprint density at radius 1 is 0.554 bits per heavy atom. The van der Waals surface area contributed by atoms with Crippen molar-refractivity contribution < 1.29 is 14.1 Å². The first-order chi connectivity index (χ1) is 31.5. The van der Waals surface area contributed by atoms with Crippen molar-refractivity contribution in [3.8, 4) is 0 Å². The number of benzene rings is 5. The molecule has 10 rings (SSSR count). The molecule has 0 spiro atoms. The Bertz CT molecular complexity index is 3430. The van der Waals surface area contributed by atoms with Crippen LogP contribution in [0, 0.1) is 13.8 Å². The minimum Gasteiger partial charge on any atom is -0.361 e. The lowest BCUT2D eigenvalue weighted by atomic mass is 10.1. The highest BCUT2D eigenvalue weighted by Gasteiger charge is 2.17. The summed E-state index contributed by atoms with van der Waals surface area (Å²) in [4.78, 5) is 34.1. The van der Waals surface area contributed by atoms with Gasteiger partial charge < -0.3 is 24.3 Å². The van der Waals surface area contributed by atoms with E-state index in [9.17, 15) is 9.59 Å². The first-order valence-corrected chi connectivity index (χ1v) is 22.2. The molecule has 2 N–H and O–H groups in total. The predicted octanol–water partition coefficient (Wildman–Crippen LogP) is 12.6. The average molecular weight is 940 g/mol. The van der Waals surface area contributed by atoms with Crippen molar-refractivity contribution in [1.29, 1.82) is 0 Å². The van der Waals surface area contributed by atoms with Crippen LogP contribution in [0.2, 0.25) is 20.1 Å². The summed E-state index contributed by atoms with van der Waals surface area (Å²) in [7, 11) is 0. The number of carbonyl (C=O) groups is 2. The third-order valence-electron chi connectivity index (χ3n) is 11.2. The Hall–Kier alpha value is -6.69. The van der Waals surface area contributed by atoms with Gasteiger partial charge in [-0.2, -0.15) is 0 Å². The van der Waals surface area contributed by atoms with Gasteiger partial charge in [0.05, 0.1) is 47.9 Å². The molecule has 0 aliphatic heterocycles. The third-order valence-corrected chi connectivity index (χ3v) is 12.4. The van der Waals surface area contributed by atoms with Gasteiger partial charge in [-0.25, -0.2) is 0 Å². The van der Waals surface area contributed by atoms with Crippen LogP contribution in [-0.4, -0.2) is 36.1 Å². The SMILES string of the molecule is Cc1cc(C(=O)NCc2cc3c4ccccc4n(Cc4cc(Cl)ccc4Cl)c3cn2)no1.Cc1ccccc1C(=O)NCc1cc2c3ccccc3n(Cc3cc(Cl)ccc3Cl)c2cn1. The highest BCUT2D eigenvalue weighted by atomic mass is 35.5. The van der Waals surface area contributed by atoms with Gasteiger partial charge in [-0.05, 0) is 97.3 Å². The van der Waals surface area contributed by atoms with E-state index in [-0.39, 0.29) is 24.1 Å². The number of nitrogens with one attached hydrogen (secondary N) is 2. The number of halogens is 4. The van der Waals surface area contributed by atoms with Crippen molar-refractivity contribution in [1.82, 2.24) is 34.9 Å². The maximum atomic E-state index is 12.6. The van der Waals surface area contributed by atoms with Crippen LogP contribution in [0.25, 0.3) is 43.6 Å². The number of hydrogen-bond donors (Lipinski definition) is 2. The van der Waals surface area contributed by atoms with E-state index in [2.05, 4.69) is 59.2 Å². The number of aryl methyl sites for hydroxylation is 2. The minimum absolute atomic E-state index is 0.104. The number of hydrogen-bond acceptors (Lipinski definition) is 6. The Morgan fingerprint density at radius 2 is 1.05 bits per heavy atom. The van der Waals surface area contributed by atoms with E-state index in [0.29, 0.717) is 51.0 Å². The molecule has 5 aromatic heterocycles. The average Bonchev–Trinajstić information content (AvgIpc) is 3.99. The Labute approximate surface area is 393 Å². The molecule has 10 aromatic rings. The first kappa shape index (κ1) is 43.6. The van der Waals surface area contributed by atoms with E-state index >= 15 is 0 Å². The van der Waals surface area contributed by atoms with Gasteiger partial charge in [-0.1, -0.05) is 106 Å². The van der Waals surface area contributed by atoms with Crippen LogP contribution < -0.4 is 10.6 Å². The van der Waals surface area contributed by atoms with Crippen LogP contribution >= 0.6 is 46.4 Å². The molecule has 0 atom stereocenters. The highest BCUT2D eigenvalue weighted by Crippen LogP contribution is 2.33. The summed E-state index contributed by atoms with van der Waals surface area (Å²) < 4.78 is 9.34. The lowest BCUT2D eigenvalue weighted by Gasteiger charge is -2.10. The van der Waals surface area contributed by atoms with Crippen LogP contribution in [0.4, 0.5) is 0 Å². The second kappa shape index (κ2) is 18.8. The molecule has 5 aromatic carbocycles. The fourth-order valence-electron chi connectivity index (χ4n) is 8.01. The lowest BCUT2D eigenvalue weighted by Crippen LogP contribution is -2.24. The number of carbonyl (C=O) groups excluding carboxylic acids is 2. The molecular weight excluding hydrogens is 900 g/mol. The van der Waals surface area contributed by atoms with E-state index in [4.69, 9.17) is 50.9 Å². The van der Waals surface area contributed by atoms with Crippen LogP contribution in [0.3, 0.4) is 0 Å². The maximum Gasteiger partial charge on any atom is 0.273 e. The standard InChI is InChI=1S/C27H21Cl2N3O.C24H18Cl2N4O2/c1-17-6-2-3-7-21(17)27(33)31-14-20-13-23-22-8-4-5-9-25(22)32(26(23)15-30-20)16-18-12-19(28)10-11-24(18)29;1-14-8-21(29-32-14)24(31)28-11-17-10-19-18-4-2-3-5-22(18)30(23(19)12-27-17)13-15-9-16(25)6-7-20(15)26/h2-13,15H,14,16H2,1H3,(H,31,33);2-10,12H,11,13H2,1H3,(H,28,31). The summed E-state index contributed by atoms with van der Waals surface area (Å²) in [6, 6.07) is 40.6. The van der Waals surface area contributed by atoms with Gasteiger partial charge in [0.2, 0.25) is 0 Å². The molecule has 0 saturated carbocycles. The molecule has 0 aliphatic carbocycles. The van der Waals surface area contributed by atoms with Crippen molar-refractivity contribution in [2.24, 2.45) is 0 Å². The van der Waals surface area contributed by atoms with Gasteiger partial charge in [-0.3, -0.25) is 19.6 Å². The predicted molar refractivity (Wildman–Crippen MR) is 260 cm³/mol. The van der Waals surface area contributed by atoms with E-state index in [0.717, 1.165) is 71.7 Å². The van der Waals surface area contributed by atoms with Gasteiger partial charge in [0.15, 0.2) is 5.69 Å². The number of pyridine rings is 2. The number of nitrogens with zero attached hydrogens (tertiary/aromatic N) is 5. The molecule has 0 unspecified atom stereocenters. The molecule has 2 amide bonds. The normalized spacial score (nSPS) is 11.3. The molecule has 14 heteroatoms. The summed E-state index contributed by atoms with van der Waals surface area (Å²) in [6.07, 6.45) is 3.69. The zero-order valence-corrected chi connectivity index (χ0v) is 38.1. The molecule has 0 radical (unpaired) electrons. The van der Waals surface area contributed by atoms with E-state index in [1.807, 2.05) is 104 Å². The van der Waals surface area contributed by atoms with Crippen molar-refractivity contribution in [3.05, 3.63) is 205 Å². The fourth-order valence-corrected chi connectivity index (χ4v) is 8.75. The minimum atomic E-state index is -0.304. The molecule has 10 nitrogen and oxygen atoms in total. The summed E-state index contributed by atoms with van der Waals surface area (Å²) >= 11 is 25.3. The number of fused-ring (bicyclic) bond motifs is 6. The van der Waals surface area contributed by atoms with Gasteiger partial charge in [0.1, 0.15) is 5.76 Å². The maximum absolute atomic E-state index is 12.6. The summed E-state index contributed by atoms with van der Waals surface area (Å²) in [5.41, 5.74) is 9.43. The third kappa shape index (κ3) is 9.30. The Kier molecular flexibility index (Phi) is 12.6. The van der Waals surface area contributed by atoms with Crippen LogP contribution in [0.5, 0.6) is 0 Å². The van der Waals surface area contributed by atoms with Crippen LogP contribution in [-0.2, 0) is 26.2 Å².